The second kappa shape index (κ2) is 6.38. The maximum Gasteiger partial charge on any atom is 0.279 e. The van der Waals surface area contributed by atoms with E-state index in [0.29, 0.717) is 17.3 Å². The predicted molar refractivity (Wildman–Crippen MR) is 110 cm³/mol. The van der Waals surface area contributed by atoms with E-state index in [1.807, 2.05) is 24.4 Å². The zero-order valence-electron chi connectivity index (χ0n) is 15.1. The normalized spacial score (nSPS) is 13.1. The van der Waals surface area contributed by atoms with Crippen molar-refractivity contribution in [2.75, 3.05) is 11.4 Å². The van der Waals surface area contributed by atoms with Crippen molar-refractivity contribution in [2.45, 2.75) is 13.3 Å². The zero-order chi connectivity index (χ0) is 19.3. The third-order valence-corrected chi connectivity index (χ3v) is 5.81. The van der Waals surface area contributed by atoms with Crippen LogP contribution in [0.1, 0.15) is 21.1 Å². The molecule has 28 heavy (non-hydrogen) atoms. The Labute approximate surface area is 164 Å². The second-order valence-corrected chi connectivity index (χ2v) is 7.81. The van der Waals surface area contributed by atoms with Gasteiger partial charge in [0.1, 0.15) is 0 Å². The van der Waals surface area contributed by atoms with E-state index in [1.54, 1.807) is 40.5 Å². The van der Waals surface area contributed by atoms with Crippen LogP contribution in [0.5, 0.6) is 0 Å². The van der Waals surface area contributed by atoms with Crippen LogP contribution in [0.15, 0.2) is 52.6 Å². The molecule has 1 amide bonds. The maximum absolute atomic E-state index is 13.2. The minimum atomic E-state index is -0.294. The van der Waals surface area contributed by atoms with Gasteiger partial charge in [0.25, 0.3) is 11.5 Å². The highest BCUT2D eigenvalue weighted by molar-refractivity contribution is 7.09. The fraction of sp³-hybridized carbons (Fsp3) is 0.143. The van der Waals surface area contributed by atoms with E-state index in [1.165, 1.54) is 0 Å². The number of thiazole rings is 1. The van der Waals surface area contributed by atoms with E-state index in [2.05, 4.69) is 21.2 Å². The van der Waals surface area contributed by atoms with Crippen molar-refractivity contribution in [3.63, 3.8) is 0 Å². The number of carbonyl (C=O) groups excluding carboxylic acids is 1. The van der Waals surface area contributed by atoms with Gasteiger partial charge in [0, 0.05) is 28.6 Å². The molecule has 0 saturated heterocycles. The van der Waals surface area contributed by atoms with Crippen LogP contribution in [0, 0.1) is 6.92 Å². The largest absolute Gasteiger partial charge is 0.306 e. The first-order valence-corrected chi connectivity index (χ1v) is 9.84. The van der Waals surface area contributed by atoms with Gasteiger partial charge in [-0.3, -0.25) is 9.59 Å². The van der Waals surface area contributed by atoms with E-state index in [-0.39, 0.29) is 17.2 Å². The SMILES string of the molecule is Cc1nc(-c2ccc3c(c2)CCN3C(=O)c2n[nH]c(=O)c3ccccc23)cs1. The molecule has 0 bridgehead atoms. The highest BCUT2D eigenvalue weighted by atomic mass is 32.1. The van der Waals surface area contributed by atoms with Crippen LogP contribution >= 0.6 is 11.3 Å². The Hall–Kier alpha value is -3.32. The Morgan fingerprint density at radius 2 is 2.00 bits per heavy atom. The van der Waals surface area contributed by atoms with Gasteiger partial charge in [0.15, 0.2) is 5.69 Å². The third-order valence-electron chi connectivity index (χ3n) is 5.03. The molecule has 4 aromatic rings. The number of anilines is 1. The molecule has 1 N–H and O–H groups in total. The molecule has 0 spiro atoms. The number of nitrogens with zero attached hydrogens (tertiary/aromatic N) is 3. The van der Waals surface area contributed by atoms with Gasteiger partial charge >= 0.3 is 0 Å². The average molecular weight is 388 g/mol. The summed E-state index contributed by atoms with van der Waals surface area (Å²) in [5.74, 6) is -0.205. The molecule has 1 aliphatic rings. The van der Waals surface area contributed by atoms with Gasteiger partial charge in [-0.05, 0) is 37.1 Å². The lowest BCUT2D eigenvalue weighted by Gasteiger charge is -2.17. The van der Waals surface area contributed by atoms with Crippen LogP contribution in [0.2, 0.25) is 0 Å². The molecule has 6 nitrogen and oxygen atoms in total. The summed E-state index contributed by atoms with van der Waals surface area (Å²) in [7, 11) is 0. The van der Waals surface area contributed by atoms with E-state index in [0.717, 1.165) is 33.9 Å². The molecular weight excluding hydrogens is 372 g/mol. The molecule has 0 aliphatic carbocycles. The van der Waals surface area contributed by atoms with Gasteiger partial charge < -0.3 is 4.90 Å². The van der Waals surface area contributed by atoms with Gasteiger partial charge in [-0.15, -0.1) is 11.3 Å². The number of carbonyl (C=O) groups is 1. The van der Waals surface area contributed by atoms with Gasteiger partial charge in [0.2, 0.25) is 0 Å². The lowest BCUT2D eigenvalue weighted by molar-refractivity contribution is 0.0985. The number of fused-ring (bicyclic) bond motifs is 2. The lowest BCUT2D eigenvalue weighted by atomic mass is 10.1. The number of H-pyrrole nitrogens is 1. The van der Waals surface area contributed by atoms with Gasteiger partial charge in [-0.2, -0.15) is 5.10 Å². The molecule has 0 saturated carbocycles. The number of rotatable bonds is 2. The van der Waals surface area contributed by atoms with Crippen LogP contribution in [-0.2, 0) is 6.42 Å². The molecule has 2 aromatic carbocycles. The minimum Gasteiger partial charge on any atom is -0.306 e. The number of nitrogens with one attached hydrogen (secondary N) is 1. The Morgan fingerprint density at radius 3 is 2.79 bits per heavy atom. The molecule has 3 heterocycles. The summed E-state index contributed by atoms with van der Waals surface area (Å²) in [5.41, 5.74) is 4.00. The molecular formula is C21H16N4O2S. The fourth-order valence-electron chi connectivity index (χ4n) is 3.67. The fourth-order valence-corrected chi connectivity index (χ4v) is 4.30. The van der Waals surface area contributed by atoms with Crippen molar-refractivity contribution in [1.82, 2.24) is 15.2 Å². The molecule has 0 fully saturated rings. The smallest absolute Gasteiger partial charge is 0.279 e. The highest BCUT2D eigenvalue weighted by Crippen LogP contribution is 2.33. The van der Waals surface area contributed by atoms with Crippen molar-refractivity contribution in [3.8, 4) is 11.3 Å². The molecule has 1 aliphatic heterocycles. The summed E-state index contributed by atoms with van der Waals surface area (Å²) in [6.45, 7) is 2.58. The maximum atomic E-state index is 13.2. The summed E-state index contributed by atoms with van der Waals surface area (Å²) in [6, 6.07) is 13.1. The standard InChI is InChI=1S/C21H16N4O2S/c1-12-22-17(11-28-12)13-6-7-18-14(10-13)8-9-25(18)21(27)19-15-4-2-3-5-16(15)20(26)24-23-19/h2-7,10-11H,8-9H2,1H3,(H,24,26). The minimum absolute atomic E-state index is 0.205. The quantitative estimate of drug-likeness (QED) is 0.569. The van der Waals surface area contributed by atoms with E-state index in [4.69, 9.17) is 0 Å². The van der Waals surface area contributed by atoms with Crippen molar-refractivity contribution in [2.24, 2.45) is 0 Å². The van der Waals surface area contributed by atoms with Gasteiger partial charge in [-0.25, -0.2) is 10.1 Å². The molecule has 0 atom stereocenters. The van der Waals surface area contributed by atoms with Crippen LogP contribution in [0.25, 0.3) is 22.0 Å². The summed E-state index contributed by atoms with van der Waals surface area (Å²) >= 11 is 1.62. The number of hydrogen-bond donors (Lipinski definition) is 1. The van der Waals surface area contributed by atoms with Crippen LogP contribution in [0.3, 0.4) is 0 Å². The van der Waals surface area contributed by atoms with Crippen molar-refractivity contribution in [1.29, 1.82) is 0 Å². The van der Waals surface area contributed by atoms with Gasteiger partial charge in [0.05, 0.1) is 16.1 Å². The van der Waals surface area contributed by atoms with Crippen molar-refractivity contribution >= 4 is 33.7 Å². The monoisotopic (exact) mass is 388 g/mol. The number of benzene rings is 2. The Morgan fingerprint density at radius 1 is 1.18 bits per heavy atom. The number of amides is 1. The first-order chi connectivity index (χ1) is 13.6. The van der Waals surface area contributed by atoms with E-state index < -0.39 is 0 Å². The summed E-state index contributed by atoms with van der Waals surface area (Å²) in [4.78, 5) is 31.5. The zero-order valence-corrected chi connectivity index (χ0v) is 15.9. The molecule has 2 aromatic heterocycles. The highest BCUT2D eigenvalue weighted by Gasteiger charge is 2.28. The third kappa shape index (κ3) is 2.63. The molecule has 138 valence electrons. The lowest BCUT2D eigenvalue weighted by Crippen LogP contribution is -2.31. The number of aromatic amines is 1. The van der Waals surface area contributed by atoms with Crippen LogP contribution < -0.4 is 10.5 Å². The van der Waals surface area contributed by atoms with E-state index in [9.17, 15) is 9.59 Å². The molecule has 7 heteroatoms. The molecule has 5 rings (SSSR count). The van der Waals surface area contributed by atoms with Gasteiger partial charge in [-0.1, -0.05) is 24.3 Å². The van der Waals surface area contributed by atoms with Crippen LogP contribution in [0.4, 0.5) is 5.69 Å². The van der Waals surface area contributed by atoms with Crippen molar-refractivity contribution < 1.29 is 4.79 Å². The molecule has 0 radical (unpaired) electrons. The second-order valence-electron chi connectivity index (χ2n) is 6.75. The van der Waals surface area contributed by atoms with E-state index >= 15 is 0 Å². The average Bonchev–Trinajstić information content (AvgIpc) is 3.34. The Balaban J connectivity index is 1.54. The number of aromatic nitrogens is 3. The summed E-state index contributed by atoms with van der Waals surface area (Å²) in [6.07, 6.45) is 0.777. The number of hydrogen-bond acceptors (Lipinski definition) is 5. The number of aryl methyl sites for hydroxylation is 1. The van der Waals surface area contributed by atoms with Crippen molar-refractivity contribution in [3.05, 3.63) is 74.5 Å². The van der Waals surface area contributed by atoms with Crippen LogP contribution in [-0.4, -0.2) is 27.6 Å². The first-order valence-electron chi connectivity index (χ1n) is 8.96. The Kier molecular flexibility index (Phi) is 3.84. The molecule has 0 unspecified atom stereocenters. The first kappa shape index (κ1) is 16.8. The topological polar surface area (TPSA) is 79.0 Å². The summed E-state index contributed by atoms with van der Waals surface area (Å²) in [5, 5.41) is 10.6. The summed E-state index contributed by atoms with van der Waals surface area (Å²) < 4.78 is 0. The predicted octanol–water partition coefficient (Wildman–Crippen LogP) is 3.56. The Bertz CT molecular complexity index is 1290.